The van der Waals surface area contributed by atoms with Crippen molar-refractivity contribution >= 4 is 21.5 Å². The summed E-state index contributed by atoms with van der Waals surface area (Å²) in [5.74, 6) is 1.41. The Morgan fingerprint density at radius 2 is 1.30 bits per heavy atom. The quantitative estimate of drug-likeness (QED) is 0.132. The number of ether oxygens (including phenoxy) is 2. The molecule has 1 aliphatic carbocycles. The zero-order valence-corrected chi connectivity index (χ0v) is 24.2. The number of aryl methyl sites for hydroxylation is 1. The molecule has 0 aliphatic heterocycles. The van der Waals surface area contributed by atoms with E-state index in [0.717, 1.165) is 49.5 Å². The summed E-state index contributed by atoms with van der Waals surface area (Å²) < 4.78 is 11.5. The van der Waals surface area contributed by atoms with Crippen LogP contribution in [0, 0.1) is 0 Å². The number of benzene rings is 6. The first kappa shape index (κ1) is 27.3. The van der Waals surface area contributed by atoms with Crippen molar-refractivity contribution in [2.75, 3.05) is 14.2 Å². The van der Waals surface area contributed by atoms with Gasteiger partial charge in [0, 0.05) is 46.2 Å². The molecule has 1 aliphatic rings. The van der Waals surface area contributed by atoms with Gasteiger partial charge in [-0.15, -0.1) is 0 Å². The summed E-state index contributed by atoms with van der Waals surface area (Å²) in [7, 11) is 3.11. The number of methoxy groups -OCH3 is 2. The number of hydrogen-bond acceptors (Lipinski definition) is 7. The van der Waals surface area contributed by atoms with Gasteiger partial charge in [-0.05, 0) is 93.7 Å². The first-order valence-corrected chi connectivity index (χ1v) is 14.3. The van der Waals surface area contributed by atoms with E-state index in [9.17, 15) is 25.5 Å². The van der Waals surface area contributed by atoms with Gasteiger partial charge in [-0.2, -0.15) is 0 Å². The highest BCUT2D eigenvalue weighted by atomic mass is 16.5. The van der Waals surface area contributed by atoms with Crippen LogP contribution in [0.4, 0.5) is 0 Å². The van der Waals surface area contributed by atoms with Crippen LogP contribution in [0.15, 0.2) is 78.9 Å². The molecule has 0 fully saturated rings. The van der Waals surface area contributed by atoms with Crippen molar-refractivity contribution in [3.8, 4) is 62.5 Å². The molecule has 7 rings (SSSR count). The molecule has 0 saturated heterocycles. The van der Waals surface area contributed by atoms with Gasteiger partial charge in [0.1, 0.15) is 40.2 Å². The fourth-order valence-electron chi connectivity index (χ4n) is 6.66. The monoisotopic (exact) mass is 586 g/mol. The third-order valence-corrected chi connectivity index (χ3v) is 8.69. The topological polar surface area (TPSA) is 120 Å². The normalized spacial score (nSPS) is 12.2. The molecule has 7 heteroatoms. The average molecular weight is 587 g/mol. The minimum atomic E-state index is -0.0514. The highest BCUT2D eigenvalue weighted by Gasteiger charge is 2.28. The Morgan fingerprint density at radius 3 is 2.05 bits per heavy atom. The molecule has 0 bridgehead atoms. The van der Waals surface area contributed by atoms with Crippen LogP contribution in [0.3, 0.4) is 0 Å². The van der Waals surface area contributed by atoms with Crippen LogP contribution in [-0.4, -0.2) is 39.8 Å². The van der Waals surface area contributed by atoms with Crippen molar-refractivity contribution in [3.05, 3.63) is 101 Å². The van der Waals surface area contributed by atoms with Gasteiger partial charge in [0.15, 0.2) is 0 Å². The lowest BCUT2D eigenvalue weighted by Gasteiger charge is -2.27. The van der Waals surface area contributed by atoms with E-state index in [1.165, 1.54) is 7.11 Å². The second kappa shape index (κ2) is 10.3. The highest BCUT2D eigenvalue weighted by Crippen LogP contribution is 2.51. The van der Waals surface area contributed by atoms with E-state index in [-0.39, 0.29) is 28.7 Å². The van der Waals surface area contributed by atoms with Crippen LogP contribution < -0.4 is 9.47 Å². The summed E-state index contributed by atoms with van der Waals surface area (Å²) in [4.78, 5) is 0. The van der Waals surface area contributed by atoms with Crippen molar-refractivity contribution in [2.24, 2.45) is 0 Å². The lowest BCUT2D eigenvalue weighted by atomic mass is 9.79. The molecule has 6 aromatic rings. The van der Waals surface area contributed by atoms with Gasteiger partial charge in [0.25, 0.3) is 0 Å². The van der Waals surface area contributed by atoms with Gasteiger partial charge in [0.05, 0.1) is 14.2 Å². The Bertz CT molecular complexity index is 2110. The van der Waals surface area contributed by atoms with E-state index in [1.807, 2.05) is 36.4 Å². The minimum Gasteiger partial charge on any atom is -0.508 e. The summed E-state index contributed by atoms with van der Waals surface area (Å²) in [5.41, 5.74) is 6.17. The molecule has 44 heavy (non-hydrogen) atoms. The molecule has 0 heterocycles. The van der Waals surface area contributed by atoms with Gasteiger partial charge in [-0.3, -0.25) is 0 Å². The summed E-state index contributed by atoms with van der Waals surface area (Å²) in [5, 5.41) is 56.7. The SMILES string of the molecule is COc1cc(O)c(Cc2ccc(O)cc2)c2c1-c1cc(-c3c(O)cc(OC)c4c3ccc3cc(O)ccc34)c(O)cc1CC2. The Hall–Kier alpha value is -5.56. The average Bonchev–Trinajstić information content (AvgIpc) is 3.02. The number of rotatable bonds is 5. The minimum absolute atomic E-state index is 0.0295. The second-order valence-corrected chi connectivity index (χ2v) is 11.2. The lowest BCUT2D eigenvalue weighted by Crippen LogP contribution is -2.10. The van der Waals surface area contributed by atoms with E-state index < -0.39 is 0 Å². The molecular weight excluding hydrogens is 556 g/mol. The van der Waals surface area contributed by atoms with Crippen molar-refractivity contribution in [1.82, 2.24) is 0 Å². The van der Waals surface area contributed by atoms with Gasteiger partial charge in [0.2, 0.25) is 0 Å². The van der Waals surface area contributed by atoms with Crippen molar-refractivity contribution in [1.29, 1.82) is 0 Å². The van der Waals surface area contributed by atoms with E-state index >= 15 is 0 Å². The number of aromatic hydroxyl groups is 5. The molecule has 0 unspecified atom stereocenters. The van der Waals surface area contributed by atoms with Crippen LogP contribution in [0.1, 0.15) is 22.3 Å². The van der Waals surface area contributed by atoms with Crippen LogP contribution in [0.5, 0.6) is 40.2 Å². The van der Waals surface area contributed by atoms with Gasteiger partial charge in [-0.25, -0.2) is 0 Å². The number of phenolic OH excluding ortho intramolecular Hbond substituents is 5. The number of hydrogen-bond donors (Lipinski definition) is 5. The summed E-state index contributed by atoms with van der Waals surface area (Å²) >= 11 is 0. The van der Waals surface area contributed by atoms with Crippen molar-refractivity contribution in [2.45, 2.75) is 19.3 Å². The Labute approximate surface area is 253 Å². The van der Waals surface area contributed by atoms with Crippen LogP contribution in [0.25, 0.3) is 43.8 Å². The van der Waals surface area contributed by atoms with Crippen LogP contribution in [0.2, 0.25) is 0 Å². The molecule has 0 saturated carbocycles. The molecule has 0 atom stereocenters. The molecule has 0 amide bonds. The Kier molecular flexibility index (Phi) is 6.39. The largest absolute Gasteiger partial charge is 0.508 e. The fourth-order valence-corrected chi connectivity index (χ4v) is 6.66. The molecule has 220 valence electrons. The van der Waals surface area contributed by atoms with E-state index in [1.54, 1.807) is 49.6 Å². The summed E-state index contributed by atoms with van der Waals surface area (Å²) in [6, 6.07) is 22.5. The first-order valence-electron chi connectivity index (χ1n) is 14.3. The molecule has 0 aromatic heterocycles. The Morgan fingerprint density at radius 1 is 0.591 bits per heavy atom. The molecule has 7 nitrogen and oxygen atoms in total. The summed E-state index contributed by atoms with van der Waals surface area (Å²) in [6.45, 7) is 0. The maximum Gasteiger partial charge on any atom is 0.131 e. The van der Waals surface area contributed by atoms with E-state index in [2.05, 4.69) is 0 Å². The molecule has 5 N–H and O–H groups in total. The van der Waals surface area contributed by atoms with E-state index in [0.29, 0.717) is 47.3 Å². The molecular formula is C37H30O7. The lowest BCUT2D eigenvalue weighted by molar-refractivity contribution is 0.407. The maximum absolute atomic E-state index is 11.4. The standard InChI is InChI=1S/C37H30O7/c1-43-33-17-31(41)28(13-19-3-7-22(38)8-4-19)25-10-5-21-15-30(40)29(16-27(21)37(25)33)35-26-11-6-20-14-23(39)9-12-24(20)36(26)34(44-2)18-32(35)42/h3-4,6-9,11-12,14-18,38-42H,5,10,13H2,1-2H3. The predicted octanol–water partition coefficient (Wildman–Crippen LogP) is 7.56. The van der Waals surface area contributed by atoms with Crippen molar-refractivity contribution < 1.29 is 35.0 Å². The fraction of sp³-hybridized carbons (Fsp3) is 0.135. The highest BCUT2D eigenvalue weighted by molar-refractivity contribution is 6.17. The number of phenols is 5. The third kappa shape index (κ3) is 4.28. The zero-order valence-electron chi connectivity index (χ0n) is 24.2. The van der Waals surface area contributed by atoms with Crippen LogP contribution >= 0.6 is 0 Å². The van der Waals surface area contributed by atoms with Gasteiger partial charge in [-0.1, -0.05) is 24.3 Å². The molecule has 6 aromatic carbocycles. The third-order valence-electron chi connectivity index (χ3n) is 8.69. The maximum atomic E-state index is 11.4. The predicted molar refractivity (Wildman–Crippen MR) is 170 cm³/mol. The van der Waals surface area contributed by atoms with E-state index in [4.69, 9.17) is 9.47 Å². The van der Waals surface area contributed by atoms with Crippen molar-refractivity contribution in [3.63, 3.8) is 0 Å². The molecule has 0 radical (unpaired) electrons. The van der Waals surface area contributed by atoms with Gasteiger partial charge >= 0.3 is 0 Å². The number of fused-ring (bicyclic) bond motifs is 6. The van der Waals surface area contributed by atoms with Crippen LogP contribution in [-0.2, 0) is 19.3 Å². The summed E-state index contributed by atoms with van der Waals surface area (Å²) in [6.07, 6.45) is 1.73. The second-order valence-electron chi connectivity index (χ2n) is 11.2. The zero-order chi connectivity index (χ0) is 30.7. The Balaban J connectivity index is 1.47. The molecule has 0 spiro atoms. The smallest absolute Gasteiger partial charge is 0.131 e. The first-order chi connectivity index (χ1) is 21.3. The van der Waals surface area contributed by atoms with Gasteiger partial charge < -0.3 is 35.0 Å².